The van der Waals surface area contributed by atoms with Gasteiger partial charge in [0.2, 0.25) is 0 Å². The molecule has 13 heavy (non-hydrogen) atoms. The molecule has 0 aromatic heterocycles. The van der Waals surface area contributed by atoms with E-state index in [0.717, 1.165) is 0 Å². The first kappa shape index (κ1) is 12.8. The van der Waals surface area contributed by atoms with Crippen LogP contribution in [0.25, 0.3) is 0 Å². The van der Waals surface area contributed by atoms with Crippen molar-refractivity contribution in [3.8, 4) is 0 Å². The zero-order chi connectivity index (χ0) is 10.3. The average Bonchev–Trinajstić information content (AvgIpc) is 2.05. The summed E-state index contributed by atoms with van der Waals surface area (Å²) in [7, 11) is 0. The average molecular weight is 191 g/mol. The molecule has 3 N–H and O–H groups in total. The highest BCUT2D eigenvalue weighted by molar-refractivity contribution is 4.78. The van der Waals surface area contributed by atoms with E-state index in [0.29, 0.717) is 19.6 Å². The molecular weight excluding hydrogens is 170 g/mol. The van der Waals surface area contributed by atoms with Crippen molar-refractivity contribution in [3.05, 3.63) is 0 Å². The van der Waals surface area contributed by atoms with Crippen LogP contribution in [0.1, 0.15) is 27.2 Å². The summed E-state index contributed by atoms with van der Waals surface area (Å²) in [6.07, 6.45) is 0.197. The van der Waals surface area contributed by atoms with Crippen LogP contribution in [0.3, 0.4) is 0 Å². The third-order valence-electron chi connectivity index (χ3n) is 1.70. The Balaban J connectivity index is 3.92. The summed E-state index contributed by atoms with van der Waals surface area (Å²) in [4.78, 5) is 0. The molecule has 0 rings (SSSR count). The highest BCUT2D eigenvalue weighted by Crippen LogP contribution is 2.12. The van der Waals surface area contributed by atoms with Crippen molar-refractivity contribution in [2.75, 3.05) is 19.8 Å². The summed E-state index contributed by atoms with van der Waals surface area (Å²) in [6.45, 7) is 6.69. The van der Waals surface area contributed by atoms with Gasteiger partial charge in [-0.2, -0.15) is 0 Å². The molecule has 0 spiro atoms. The Morgan fingerprint density at radius 3 is 2.08 bits per heavy atom. The van der Waals surface area contributed by atoms with Crippen molar-refractivity contribution in [2.45, 2.75) is 39.0 Å². The standard InChI is InChI=1S/C9H21NO3/c1-4-12-8(13-5-2)6-9(3,10)7-11/h8,11H,4-7,10H2,1-3H3. The molecule has 1 atom stereocenters. The molecular formula is C9H21NO3. The fraction of sp³-hybridized carbons (Fsp3) is 1.00. The molecule has 0 bridgehead atoms. The smallest absolute Gasteiger partial charge is 0.159 e. The summed E-state index contributed by atoms with van der Waals surface area (Å²) in [5, 5.41) is 8.94. The summed E-state index contributed by atoms with van der Waals surface area (Å²) in [5.41, 5.74) is 5.14. The number of nitrogens with two attached hydrogens (primary N) is 1. The fourth-order valence-electron chi connectivity index (χ4n) is 0.983. The first-order valence-corrected chi connectivity index (χ1v) is 4.68. The molecule has 0 aliphatic rings. The van der Waals surface area contributed by atoms with Crippen LogP contribution in [0.4, 0.5) is 0 Å². The van der Waals surface area contributed by atoms with E-state index in [4.69, 9.17) is 20.3 Å². The summed E-state index contributed by atoms with van der Waals surface area (Å²) in [6, 6.07) is 0. The summed E-state index contributed by atoms with van der Waals surface area (Å²) in [5.74, 6) is 0. The number of hydrogen-bond acceptors (Lipinski definition) is 4. The van der Waals surface area contributed by atoms with Crippen LogP contribution in [0.2, 0.25) is 0 Å². The third kappa shape index (κ3) is 5.99. The molecule has 4 heteroatoms. The van der Waals surface area contributed by atoms with Gasteiger partial charge >= 0.3 is 0 Å². The molecule has 0 aromatic carbocycles. The second-order valence-corrected chi connectivity index (χ2v) is 3.36. The number of rotatable bonds is 7. The molecule has 0 aliphatic heterocycles. The molecule has 0 fully saturated rings. The van der Waals surface area contributed by atoms with Gasteiger partial charge in [0.1, 0.15) is 0 Å². The quantitative estimate of drug-likeness (QED) is 0.575. The minimum absolute atomic E-state index is 0.0658. The maximum absolute atomic E-state index is 8.94. The Kier molecular flexibility index (Phi) is 6.24. The van der Waals surface area contributed by atoms with Crippen LogP contribution in [-0.4, -0.2) is 36.8 Å². The number of ether oxygens (including phenoxy) is 2. The zero-order valence-corrected chi connectivity index (χ0v) is 8.75. The first-order valence-electron chi connectivity index (χ1n) is 4.68. The van der Waals surface area contributed by atoms with E-state index in [1.165, 1.54) is 0 Å². The molecule has 0 saturated carbocycles. The van der Waals surface area contributed by atoms with Crippen LogP contribution < -0.4 is 5.73 Å². The fourth-order valence-corrected chi connectivity index (χ4v) is 0.983. The van der Waals surface area contributed by atoms with Gasteiger partial charge in [-0.15, -0.1) is 0 Å². The monoisotopic (exact) mass is 191 g/mol. The summed E-state index contributed by atoms with van der Waals surface area (Å²) < 4.78 is 10.6. The number of aliphatic hydroxyl groups is 1. The molecule has 0 radical (unpaired) electrons. The maximum atomic E-state index is 8.94. The predicted molar refractivity (Wildman–Crippen MR) is 51.3 cm³/mol. The van der Waals surface area contributed by atoms with Crippen LogP contribution in [-0.2, 0) is 9.47 Å². The van der Waals surface area contributed by atoms with Crippen LogP contribution in [0.15, 0.2) is 0 Å². The second-order valence-electron chi connectivity index (χ2n) is 3.36. The lowest BCUT2D eigenvalue weighted by molar-refractivity contribution is -0.149. The first-order chi connectivity index (χ1) is 6.05. The molecule has 1 unspecified atom stereocenters. The second kappa shape index (κ2) is 6.32. The van der Waals surface area contributed by atoms with Gasteiger partial charge in [-0.3, -0.25) is 0 Å². The van der Waals surface area contributed by atoms with Crippen molar-refractivity contribution in [3.63, 3.8) is 0 Å². The van der Waals surface area contributed by atoms with E-state index in [1.807, 2.05) is 13.8 Å². The van der Waals surface area contributed by atoms with Gasteiger partial charge in [0.05, 0.1) is 6.61 Å². The van der Waals surface area contributed by atoms with Crippen molar-refractivity contribution >= 4 is 0 Å². The number of hydrogen-bond donors (Lipinski definition) is 2. The van der Waals surface area contributed by atoms with Crippen LogP contribution in [0.5, 0.6) is 0 Å². The van der Waals surface area contributed by atoms with E-state index < -0.39 is 5.54 Å². The van der Waals surface area contributed by atoms with Crippen molar-refractivity contribution < 1.29 is 14.6 Å². The lowest BCUT2D eigenvalue weighted by atomic mass is 10.0. The molecule has 0 amide bonds. The Labute approximate surface area is 80.0 Å². The molecule has 0 heterocycles. The van der Waals surface area contributed by atoms with Gasteiger partial charge in [0, 0.05) is 25.2 Å². The van der Waals surface area contributed by atoms with Gasteiger partial charge in [-0.05, 0) is 20.8 Å². The molecule has 80 valence electrons. The van der Waals surface area contributed by atoms with E-state index in [1.54, 1.807) is 6.92 Å². The Hall–Kier alpha value is -0.160. The Morgan fingerprint density at radius 1 is 1.31 bits per heavy atom. The molecule has 0 saturated heterocycles. The lowest BCUT2D eigenvalue weighted by Gasteiger charge is -2.27. The van der Waals surface area contributed by atoms with Gasteiger partial charge in [-0.25, -0.2) is 0 Å². The van der Waals surface area contributed by atoms with E-state index >= 15 is 0 Å². The van der Waals surface area contributed by atoms with E-state index in [-0.39, 0.29) is 12.9 Å². The number of aliphatic hydroxyl groups excluding tert-OH is 1. The molecule has 0 aliphatic carbocycles. The Morgan fingerprint density at radius 2 is 1.77 bits per heavy atom. The van der Waals surface area contributed by atoms with E-state index in [2.05, 4.69) is 0 Å². The largest absolute Gasteiger partial charge is 0.394 e. The van der Waals surface area contributed by atoms with Crippen LogP contribution >= 0.6 is 0 Å². The lowest BCUT2D eigenvalue weighted by Crippen LogP contribution is -2.44. The van der Waals surface area contributed by atoms with Gasteiger partial charge in [-0.1, -0.05) is 0 Å². The highest BCUT2D eigenvalue weighted by Gasteiger charge is 2.23. The SMILES string of the molecule is CCOC(CC(C)(N)CO)OCC. The van der Waals surface area contributed by atoms with Crippen LogP contribution in [0, 0.1) is 0 Å². The van der Waals surface area contributed by atoms with Crippen molar-refractivity contribution in [2.24, 2.45) is 5.73 Å². The zero-order valence-electron chi connectivity index (χ0n) is 8.75. The summed E-state index contributed by atoms with van der Waals surface area (Å²) >= 11 is 0. The third-order valence-corrected chi connectivity index (χ3v) is 1.70. The molecule has 4 nitrogen and oxygen atoms in total. The van der Waals surface area contributed by atoms with Gasteiger partial charge < -0.3 is 20.3 Å². The molecule has 0 aromatic rings. The highest BCUT2D eigenvalue weighted by atomic mass is 16.7. The van der Waals surface area contributed by atoms with Crippen molar-refractivity contribution in [1.29, 1.82) is 0 Å². The predicted octanol–water partition coefficient (Wildman–Crippen LogP) is 0.485. The normalized spacial score (nSPS) is 16.2. The van der Waals surface area contributed by atoms with Crippen molar-refractivity contribution in [1.82, 2.24) is 0 Å². The van der Waals surface area contributed by atoms with Gasteiger partial charge in [0.25, 0.3) is 0 Å². The maximum Gasteiger partial charge on any atom is 0.159 e. The van der Waals surface area contributed by atoms with E-state index in [9.17, 15) is 0 Å². The van der Waals surface area contributed by atoms with Gasteiger partial charge in [0.15, 0.2) is 6.29 Å². The topological polar surface area (TPSA) is 64.7 Å². The Bertz CT molecular complexity index is 122. The minimum atomic E-state index is -0.630. The minimum Gasteiger partial charge on any atom is -0.394 e.